The molecule has 5 rings (SSSR count). The molecule has 4 aromatic rings. The number of azide groups is 1. The zero-order valence-corrected chi connectivity index (χ0v) is 27.5. The maximum atomic E-state index is 14.7. The van der Waals surface area contributed by atoms with Crippen LogP contribution < -0.4 is 19.5 Å². The average Bonchev–Trinajstić information content (AvgIpc) is 3.49. The zero-order chi connectivity index (χ0) is 33.2. The third-order valence-electron chi connectivity index (χ3n) is 7.68. The SMILES string of the molecule is COc1cc(CNC(=O)[C@]2(Cc3ccccc3Br)N=C(c3ccc(OCCCO)cc3)O[C@@H]2c2ccccc2N=[N+]=[N-])cc(OC)c1. The van der Waals surface area contributed by atoms with Crippen molar-refractivity contribution in [3.8, 4) is 17.2 Å². The molecule has 12 heteroatoms. The summed E-state index contributed by atoms with van der Waals surface area (Å²) >= 11 is 3.65. The molecule has 242 valence electrons. The fraction of sp³-hybridized carbons (Fsp3) is 0.257. The van der Waals surface area contributed by atoms with Crippen molar-refractivity contribution in [1.82, 2.24) is 5.32 Å². The van der Waals surface area contributed by atoms with Crippen LogP contribution in [0, 0.1) is 0 Å². The monoisotopic (exact) mass is 699 g/mol. The predicted molar refractivity (Wildman–Crippen MR) is 181 cm³/mol. The van der Waals surface area contributed by atoms with Crippen LogP contribution in [-0.4, -0.2) is 49.9 Å². The highest BCUT2D eigenvalue weighted by Gasteiger charge is 2.54. The molecule has 1 aliphatic heterocycles. The number of benzene rings is 4. The minimum atomic E-state index is -1.53. The number of halogens is 1. The first kappa shape index (κ1) is 33.3. The fourth-order valence-corrected chi connectivity index (χ4v) is 5.77. The molecule has 0 aromatic heterocycles. The molecule has 2 N–H and O–H groups in total. The van der Waals surface area contributed by atoms with Gasteiger partial charge in [0.2, 0.25) is 5.90 Å². The Morgan fingerprint density at radius 1 is 1.02 bits per heavy atom. The van der Waals surface area contributed by atoms with E-state index in [1.165, 1.54) is 0 Å². The number of nitrogens with one attached hydrogen (secondary N) is 1. The van der Waals surface area contributed by atoms with Gasteiger partial charge in [-0.2, -0.15) is 0 Å². The Kier molecular flexibility index (Phi) is 11.0. The van der Waals surface area contributed by atoms with Crippen LogP contribution in [0.5, 0.6) is 17.2 Å². The average molecular weight is 701 g/mol. The van der Waals surface area contributed by atoms with E-state index < -0.39 is 17.6 Å². The van der Waals surface area contributed by atoms with Crippen molar-refractivity contribution in [1.29, 1.82) is 0 Å². The lowest BCUT2D eigenvalue weighted by molar-refractivity contribution is -0.129. The number of carbonyl (C=O) groups excluding carboxylic acids is 1. The quantitative estimate of drug-likeness (QED) is 0.0628. The molecule has 47 heavy (non-hydrogen) atoms. The molecule has 0 aliphatic carbocycles. The molecular formula is C35H34BrN5O6. The van der Waals surface area contributed by atoms with Crippen molar-refractivity contribution in [3.63, 3.8) is 0 Å². The Balaban J connectivity index is 1.61. The first-order valence-corrected chi connectivity index (χ1v) is 15.7. The van der Waals surface area contributed by atoms with E-state index in [1.807, 2.05) is 36.4 Å². The van der Waals surface area contributed by atoms with Gasteiger partial charge in [-0.15, -0.1) is 0 Å². The third-order valence-corrected chi connectivity index (χ3v) is 8.46. The largest absolute Gasteiger partial charge is 0.497 e. The van der Waals surface area contributed by atoms with Gasteiger partial charge in [-0.05, 0) is 59.1 Å². The van der Waals surface area contributed by atoms with Crippen molar-refractivity contribution in [2.24, 2.45) is 10.1 Å². The van der Waals surface area contributed by atoms with Crippen LogP contribution in [0.2, 0.25) is 0 Å². The number of ether oxygens (including phenoxy) is 4. The molecule has 4 aromatic carbocycles. The van der Waals surface area contributed by atoms with E-state index in [-0.39, 0.29) is 25.5 Å². The molecule has 2 atom stereocenters. The van der Waals surface area contributed by atoms with Crippen molar-refractivity contribution in [3.05, 3.63) is 128 Å². The lowest BCUT2D eigenvalue weighted by Crippen LogP contribution is -2.49. The van der Waals surface area contributed by atoms with Gasteiger partial charge >= 0.3 is 0 Å². The van der Waals surface area contributed by atoms with E-state index in [2.05, 4.69) is 31.3 Å². The molecule has 0 radical (unpaired) electrons. The highest BCUT2D eigenvalue weighted by atomic mass is 79.9. The molecule has 1 heterocycles. The summed E-state index contributed by atoms with van der Waals surface area (Å²) in [6, 6.07) is 27.2. The lowest BCUT2D eigenvalue weighted by atomic mass is 9.81. The Labute approximate surface area is 280 Å². The second-order valence-electron chi connectivity index (χ2n) is 10.7. The highest BCUT2D eigenvalue weighted by molar-refractivity contribution is 9.10. The minimum absolute atomic E-state index is 0.0362. The van der Waals surface area contributed by atoms with Crippen LogP contribution in [0.4, 0.5) is 5.69 Å². The summed E-state index contributed by atoms with van der Waals surface area (Å²) in [4.78, 5) is 22.8. The number of aliphatic imine (C=N–C) groups is 1. The van der Waals surface area contributed by atoms with Gasteiger partial charge in [0.05, 0.1) is 20.8 Å². The van der Waals surface area contributed by atoms with Crippen LogP contribution in [-0.2, 0) is 22.5 Å². The Morgan fingerprint density at radius 3 is 2.40 bits per heavy atom. The van der Waals surface area contributed by atoms with Crippen molar-refractivity contribution in [2.45, 2.75) is 31.0 Å². The van der Waals surface area contributed by atoms with Crippen molar-refractivity contribution < 1.29 is 28.8 Å². The molecule has 0 saturated carbocycles. The van der Waals surface area contributed by atoms with Gasteiger partial charge in [-0.25, -0.2) is 4.99 Å². The lowest BCUT2D eigenvalue weighted by Gasteiger charge is -2.31. The van der Waals surface area contributed by atoms with E-state index in [4.69, 9.17) is 29.0 Å². The molecular weight excluding hydrogens is 666 g/mol. The van der Waals surface area contributed by atoms with E-state index >= 15 is 0 Å². The maximum absolute atomic E-state index is 14.7. The normalized spacial score (nSPS) is 16.8. The minimum Gasteiger partial charge on any atom is -0.497 e. The number of aliphatic hydroxyl groups excluding tert-OH is 1. The Bertz CT molecular complexity index is 1770. The van der Waals surface area contributed by atoms with Gasteiger partial charge in [0.25, 0.3) is 5.91 Å². The molecule has 0 saturated heterocycles. The second kappa shape index (κ2) is 15.5. The molecule has 11 nitrogen and oxygen atoms in total. The van der Waals surface area contributed by atoms with Gasteiger partial charge < -0.3 is 29.4 Å². The molecule has 0 bridgehead atoms. The summed E-state index contributed by atoms with van der Waals surface area (Å²) in [5.41, 5.74) is 10.9. The van der Waals surface area contributed by atoms with Gasteiger partial charge in [-0.1, -0.05) is 63.5 Å². The summed E-state index contributed by atoms with van der Waals surface area (Å²) in [6.07, 6.45) is -0.298. The van der Waals surface area contributed by atoms with E-state index in [0.29, 0.717) is 47.1 Å². The molecule has 0 fully saturated rings. The smallest absolute Gasteiger partial charge is 0.252 e. The number of carbonyl (C=O) groups is 1. The fourth-order valence-electron chi connectivity index (χ4n) is 5.34. The predicted octanol–water partition coefficient (Wildman–Crippen LogP) is 6.99. The van der Waals surface area contributed by atoms with E-state index in [9.17, 15) is 10.3 Å². The standard InChI is InChI=1S/C35H34BrN5O6/c1-44-27-18-23(19-28(20-27)45-2)22-38-34(43)35(21-25-8-3-5-10-30(25)36)32(29-9-4-6-11-31(29)40-41-37)47-33(39-35)24-12-14-26(15-13-24)46-17-7-16-42/h3-6,8-15,18-20,32,42H,7,16-17,21-22H2,1-2H3,(H,38,43)/t32-,35-/m1/s1. The molecule has 1 aliphatic rings. The van der Waals surface area contributed by atoms with Crippen LogP contribution in [0.25, 0.3) is 10.4 Å². The summed E-state index contributed by atoms with van der Waals surface area (Å²) in [5.74, 6) is 1.65. The Hall–Kier alpha value is -5.03. The number of hydrogen-bond acceptors (Lipinski definition) is 8. The van der Waals surface area contributed by atoms with Crippen molar-refractivity contribution in [2.75, 3.05) is 27.4 Å². The molecule has 0 spiro atoms. The number of amides is 1. The highest BCUT2D eigenvalue weighted by Crippen LogP contribution is 2.46. The molecule has 1 amide bonds. The van der Waals surface area contributed by atoms with Crippen LogP contribution in [0.1, 0.15) is 34.8 Å². The summed E-state index contributed by atoms with van der Waals surface area (Å²) in [7, 11) is 3.13. The Morgan fingerprint density at radius 2 is 1.72 bits per heavy atom. The number of nitrogens with zero attached hydrogens (tertiary/aromatic N) is 4. The van der Waals surface area contributed by atoms with E-state index in [0.717, 1.165) is 15.6 Å². The number of methoxy groups -OCH3 is 2. The van der Waals surface area contributed by atoms with Crippen molar-refractivity contribution >= 4 is 33.4 Å². The summed E-state index contributed by atoms with van der Waals surface area (Å²) in [6.45, 7) is 0.563. The topological polar surface area (TPSA) is 147 Å². The van der Waals surface area contributed by atoms with Crippen LogP contribution >= 0.6 is 15.9 Å². The first-order chi connectivity index (χ1) is 22.9. The van der Waals surface area contributed by atoms with Gasteiger partial charge in [0, 0.05) is 58.3 Å². The maximum Gasteiger partial charge on any atom is 0.252 e. The van der Waals surface area contributed by atoms with Gasteiger partial charge in [0.1, 0.15) is 17.2 Å². The van der Waals surface area contributed by atoms with E-state index in [1.54, 1.807) is 68.8 Å². The summed E-state index contributed by atoms with van der Waals surface area (Å²) < 4.78 is 24.0. The van der Waals surface area contributed by atoms with Crippen LogP contribution in [0.15, 0.2) is 106 Å². The number of rotatable bonds is 14. The summed E-state index contributed by atoms with van der Waals surface area (Å²) in [5, 5.41) is 16.1. The van der Waals surface area contributed by atoms with Gasteiger partial charge in [-0.3, -0.25) is 4.79 Å². The molecule has 0 unspecified atom stereocenters. The first-order valence-electron chi connectivity index (χ1n) is 14.9. The van der Waals surface area contributed by atoms with Crippen LogP contribution in [0.3, 0.4) is 0 Å². The number of hydrogen-bond donors (Lipinski definition) is 2. The number of aliphatic hydroxyl groups is 1. The third kappa shape index (κ3) is 7.69. The zero-order valence-electron chi connectivity index (χ0n) is 25.9. The second-order valence-corrected chi connectivity index (χ2v) is 11.6. The van der Waals surface area contributed by atoms with Gasteiger partial charge in [0.15, 0.2) is 11.6 Å².